The Hall–Kier alpha value is -3.17. The normalized spacial score (nSPS) is 12.1. The number of carbonyl (C=O) groups is 1. The smallest absolute Gasteiger partial charge is 0.374 e. The SMILES string of the molecule is CCn1c(COC(=O)c2cc3ccccc3o2)nc2cc(S(=O)(=O)N(C)C)ccc21. The third-order valence-electron chi connectivity index (χ3n) is 4.85. The van der Waals surface area contributed by atoms with Gasteiger partial charge in [-0.3, -0.25) is 0 Å². The maximum atomic E-state index is 12.4. The number of para-hydroxylation sites is 1. The van der Waals surface area contributed by atoms with E-state index in [1.807, 2.05) is 29.7 Å². The number of imidazole rings is 1. The molecule has 0 unspecified atom stereocenters. The molecule has 0 saturated heterocycles. The van der Waals surface area contributed by atoms with Gasteiger partial charge in [0.2, 0.25) is 15.8 Å². The Morgan fingerprint density at radius 2 is 1.93 bits per heavy atom. The molecule has 2 heterocycles. The summed E-state index contributed by atoms with van der Waals surface area (Å²) in [6.45, 7) is 2.47. The molecule has 0 aliphatic heterocycles. The Balaban J connectivity index is 1.61. The summed E-state index contributed by atoms with van der Waals surface area (Å²) in [6, 6.07) is 13.8. The van der Waals surface area contributed by atoms with Gasteiger partial charge in [-0.1, -0.05) is 18.2 Å². The van der Waals surface area contributed by atoms with Gasteiger partial charge < -0.3 is 13.7 Å². The number of nitrogens with zero attached hydrogens (tertiary/aromatic N) is 3. The van der Waals surface area contributed by atoms with E-state index in [1.54, 1.807) is 24.3 Å². The maximum absolute atomic E-state index is 12.4. The molecule has 0 bridgehead atoms. The van der Waals surface area contributed by atoms with Gasteiger partial charge in [-0.2, -0.15) is 0 Å². The molecule has 2 aromatic carbocycles. The molecule has 0 radical (unpaired) electrons. The molecule has 4 rings (SSSR count). The monoisotopic (exact) mass is 427 g/mol. The van der Waals surface area contributed by atoms with Crippen molar-refractivity contribution >= 4 is 38.0 Å². The van der Waals surface area contributed by atoms with Gasteiger partial charge >= 0.3 is 5.97 Å². The second-order valence-electron chi connectivity index (χ2n) is 6.93. The number of carbonyl (C=O) groups excluding carboxylic acids is 1. The summed E-state index contributed by atoms with van der Waals surface area (Å²) in [5, 5.41) is 0.819. The number of aryl methyl sites for hydroxylation is 1. The van der Waals surface area contributed by atoms with E-state index in [9.17, 15) is 13.2 Å². The van der Waals surface area contributed by atoms with E-state index in [0.717, 1.165) is 15.2 Å². The molecule has 0 saturated carbocycles. The minimum atomic E-state index is -3.57. The number of sulfonamides is 1. The first-order valence-corrected chi connectivity index (χ1v) is 10.8. The molecule has 0 N–H and O–H groups in total. The first-order chi connectivity index (χ1) is 14.3. The number of rotatable bonds is 6. The molecule has 0 fully saturated rings. The summed E-state index contributed by atoms with van der Waals surface area (Å²) in [7, 11) is -0.608. The lowest BCUT2D eigenvalue weighted by Crippen LogP contribution is -2.22. The summed E-state index contributed by atoms with van der Waals surface area (Å²) >= 11 is 0. The van der Waals surface area contributed by atoms with Crippen molar-refractivity contribution in [1.82, 2.24) is 13.9 Å². The molecular weight excluding hydrogens is 406 g/mol. The fraction of sp³-hybridized carbons (Fsp3) is 0.238. The van der Waals surface area contributed by atoms with Crippen molar-refractivity contribution in [2.75, 3.05) is 14.1 Å². The van der Waals surface area contributed by atoms with E-state index in [2.05, 4.69) is 4.98 Å². The van der Waals surface area contributed by atoms with Gasteiger partial charge in [-0.25, -0.2) is 22.5 Å². The molecule has 0 aliphatic carbocycles. The van der Waals surface area contributed by atoms with Crippen molar-refractivity contribution in [3.63, 3.8) is 0 Å². The average Bonchev–Trinajstić information content (AvgIpc) is 3.32. The topological polar surface area (TPSA) is 94.6 Å². The molecule has 2 aromatic heterocycles. The summed E-state index contributed by atoms with van der Waals surface area (Å²) in [6.07, 6.45) is 0. The van der Waals surface area contributed by atoms with Crippen LogP contribution in [0.4, 0.5) is 0 Å². The lowest BCUT2D eigenvalue weighted by Gasteiger charge is -2.11. The lowest BCUT2D eigenvalue weighted by atomic mass is 10.2. The molecule has 0 spiro atoms. The predicted octanol–water partition coefficient (Wildman–Crippen LogP) is 3.41. The molecule has 30 heavy (non-hydrogen) atoms. The number of furan rings is 1. The molecule has 0 aliphatic rings. The minimum absolute atomic E-state index is 0.0613. The third-order valence-corrected chi connectivity index (χ3v) is 6.66. The minimum Gasteiger partial charge on any atom is -0.452 e. The molecule has 156 valence electrons. The van der Waals surface area contributed by atoms with Crippen LogP contribution in [-0.4, -0.2) is 42.3 Å². The summed E-state index contributed by atoms with van der Waals surface area (Å²) in [5.41, 5.74) is 1.90. The largest absolute Gasteiger partial charge is 0.452 e. The van der Waals surface area contributed by atoms with Gasteiger partial charge in [0.05, 0.1) is 15.9 Å². The van der Waals surface area contributed by atoms with E-state index in [-0.39, 0.29) is 17.3 Å². The summed E-state index contributed by atoms with van der Waals surface area (Å²) in [4.78, 5) is 17.1. The van der Waals surface area contributed by atoms with Crippen LogP contribution in [0.1, 0.15) is 23.3 Å². The number of esters is 1. The Morgan fingerprint density at radius 3 is 2.63 bits per heavy atom. The van der Waals surface area contributed by atoms with E-state index >= 15 is 0 Å². The molecule has 8 nitrogen and oxygen atoms in total. The zero-order chi connectivity index (χ0) is 21.5. The number of fused-ring (bicyclic) bond motifs is 2. The van der Waals surface area contributed by atoms with Crippen LogP contribution in [0.2, 0.25) is 0 Å². The first-order valence-electron chi connectivity index (χ1n) is 9.38. The van der Waals surface area contributed by atoms with Crippen LogP contribution in [-0.2, 0) is 27.9 Å². The highest BCUT2D eigenvalue weighted by Crippen LogP contribution is 2.23. The van der Waals surface area contributed by atoms with Crippen molar-refractivity contribution in [3.8, 4) is 0 Å². The Bertz CT molecular complexity index is 1320. The molecule has 0 amide bonds. The highest BCUT2D eigenvalue weighted by atomic mass is 32.2. The molecule has 0 atom stereocenters. The average molecular weight is 427 g/mol. The van der Waals surface area contributed by atoms with Crippen LogP contribution < -0.4 is 0 Å². The quantitative estimate of drug-likeness (QED) is 0.438. The standard InChI is InChI=1S/C21H21N3O5S/c1-4-24-17-10-9-15(30(26,27)23(2)3)12-16(17)22-20(24)13-28-21(25)19-11-14-7-5-6-8-18(14)29-19/h5-12H,4,13H2,1-3H3. The second kappa shape index (κ2) is 7.58. The molecule has 9 heteroatoms. The van der Waals surface area contributed by atoms with Crippen molar-refractivity contribution < 1.29 is 22.4 Å². The number of ether oxygens (including phenoxy) is 1. The van der Waals surface area contributed by atoms with Gasteiger partial charge in [0, 0.05) is 26.0 Å². The van der Waals surface area contributed by atoms with Gasteiger partial charge in [-0.05, 0) is 37.3 Å². The van der Waals surface area contributed by atoms with Crippen LogP contribution in [0.3, 0.4) is 0 Å². The van der Waals surface area contributed by atoms with E-state index in [0.29, 0.717) is 23.5 Å². The third kappa shape index (κ3) is 3.46. The van der Waals surface area contributed by atoms with E-state index in [1.165, 1.54) is 20.2 Å². The van der Waals surface area contributed by atoms with E-state index < -0.39 is 16.0 Å². The Morgan fingerprint density at radius 1 is 1.17 bits per heavy atom. The molecular formula is C21H21N3O5S. The van der Waals surface area contributed by atoms with E-state index in [4.69, 9.17) is 9.15 Å². The number of aromatic nitrogens is 2. The van der Waals surface area contributed by atoms with Gasteiger partial charge in [0.15, 0.2) is 0 Å². The Kier molecular flexibility index (Phi) is 5.08. The maximum Gasteiger partial charge on any atom is 0.374 e. The number of hydrogen-bond donors (Lipinski definition) is 0. The second-order valence-corrected chi connectivity index (χ2v) is 9.09. The van der Waals surface area contributed by atoms with Gasteiger partial charge in [0.25, 0.3) is 0 Å². The predicted molar refractivity (Wildman–Crippen MR) is 112 cm³/mol. The van der Waals surface area contributed by atoms with Crippen LogP contribution in [0.5, 0.6) is 0 Å². The van der Waals surface area contributed by atoms with Crippen molar-refractivity contribution in [1.29, 1.82) is 0 Å². The fourth-order valence-electron chi connectivity index (χ4n) is 3.28. The van der Waals surface area contributed by atoms with Gasteiger partial charge in [0.1, 0.15) is 18.0 Å². The van der Waals surface area contributed by atoms with Crippen LogP contribution in [0.25, 0.3) is 22.0 Å². The highest BCUT2D eigenvalue weighted by Gasteiger charge is 2.20. The zero-order valence-electron chi connectivity index (χ0n) is 16.8. The summed E-state index contributed by atoms with van der Waals surface area (Å²) in [5.74, 6) is 0.0582. The molecule has 4 aromatic rings. The van der Waals surface area contributed by atoms with Gasteiger partial charge in [-0.15, -0.1) is 0 Å². The first kappa shape index (κ1) is 20.1. The zero-order valence-corrected chi connectivity index (χ0v) is 17.6. The highest BCUT2D eigenvalue weighted by molar-refractivity contribution is 7.89. The number of benzene rings is 2. The summed E-state index contributed by atoms with van der Waals surface area (Å²) < 4.78 is 38.8. The number of hydrogen-bond acceptors (Lipinski definition) is 6. The van der Waals surface area contributed by atoms with Crippen molar-refractivity contribution in [2.24, 2.45) is 0 Å². The van der Waals surface area contributed by atoms with Crippen molar-refractivity contribution in [2.45, 2.75) is 25.0 Å². The van der Waals surface area contributed by atoms with Crippen LogP contribution >= 0.6 is 0 Å². The fourth-order valence-corrected chi connectivity index (χ4v) is 4.20. The Labute approximate surface area is 173 Å². The lowest BCUT2D eigenvalue weighted by molar-refractivity contribution is 0.0425. The van der Waals surface area contributed by atoms with Crippen LogP contribution in [0.15, 0.2) is 57.8 Å². The van der Waals surface area contributed by atoms with Crippen molar-refractivity contribution in [3.05, 3.63) is 60.1 Å². The van der Waals surface area contributed by atoms with Crippen LogP contribution in [0, 0.1) is 0 Å².